The van der Waals surface area contributed by atoms with E-state index in [2.05, 4.69) is 30.8 Å². The van der Waals surface area contributed by atoms with Gasteiger partial charge in [-0.2, -0.15) is 4.98 Å². The molecule has 1 aliphatic rings. The summed E-state index contributed by atoms with van der Waals surface area (Å²) in [5, 5.41) is 0. The van der Waals surface area contributed by atoms with Gasteiger partial charge in [0.1, 0.15) is 17.8 Å². The maximum absolute atomic E-state index is 6.24. The molecule has 0 aliphatic carbocycles. The van der Waals surface area contributed by atoms with Gasteiger partial charge in [-0.25, -0.2) is 4.98 Å². The van der Waals surface area contributed by atoms with Crippen LogP contribution in [-0.4, -0.2) is 23.1 Å². The molecule has 1 aromatic carbocycles. The minimum absolute atomic E-state index is 0.413. The minimum Gasteiger partial charge on any atom is -0.437 e. The number of anilines is 2. The number of halogens is 1. The molecule has 2 aromatic rings. The van der Waals surface area contributed by atoms with Crippen LogP contribution in [0.1, 0.15) is 25.7 Å². The Kier molecular flexibility index (Phi) is 4.77. The van der Waals surface area contributed by atoms with Crippen LogP contribution in [0.25, 0.3) is 0 Å². The van der Waals surface area contributed by atoms with Crippen LogP contribution < -0.4 is 15.4 Å². The number of rotatable bonds is 3. The summed E-state index contributed by atoms with van der Waals surface area (Å²) in [6.07, 6.45) is 6.40. The number of nitrogens with two attached hydrogens (primary N) is 1. The topological polar surface area (TPSA) is 64.3 Å². The second-order valence-electron chi connectivity index (χ2n) is 5.37. The van der Waals surface area contributed by atoms with Gasteiger partial charge in [-0.05, 0) is 37.1 Å². The van der Waals surface area contributed by atoms with Crippen molar-refractivity contribution in [3.63, 3.8) is 0 Å². The van der Waals surface area contributed by atoms with Gasteiger partial charge in [-0.1, -0.05) is 28.8 Å². The van der Waals surface area contributed by atoms with Crippen molar-refractivity contribution in [3.05, 3.63) is 35.1 Å². The molecule has 0 spiro atoms. The molecule has 0 bridgehead atoms. The van der Waals surface area contributed by atoms with Crippen LogP contribution >= 0.6 is 15.9 Å². The van der Waals surface area contributed by atoms with Gasteiger partial charge in [0.2, 0.25) is 5.88 Å². The number of aromatic nitrogens is 2. The Morgan fingerprint density at radius 1 is 1.00 bits per heavy atom. The Labute approximate surface area is 138 Å². The molecule has 0 radical (unpaired) electrons. The molecular weight excluding hydrogens is 344 g/mol. The molecule has 22 heavy (non-hydrogen) atoms. The van der Waals surface area contributed by atoms with Gasteiger partial charge >= 0.3 is 0 Å². The Morgan fingerprint density at radius 3 is 2.36 bits per heavy atom. The maximum atomic E-state index is 6.24. The highest BCUT2D eigenvalue weighted by atomic mass is 79.9. The molecule has 3 rings (SSSR count). The Balaban J connectivity index is 1.83. The fraction of sp³-hybridized carbons (Fsp3) is 0.375. The second kappa shape index (κ2) is 6.96. The van der Waals surface area contributed by atoms with E-state index >= 15 is 0 Å². The highest BCUT2D eigenvalue weighted by Gasteiger charge is 2.17. The van der Waals surface area contributed by atoms with Crippen molar-refractivity contribution < 1.29 is 4.74 Å². The van der Waals surface area contributed by atoms with Crippen molar-refractivity contribution in [2.45, 2.75) is 25.7 Å². The van der Waals surface area contributed by atoms with E-state index in [0.717, 1.165) is 23.4 Å². The first-order valence-corrected chi connectivity index (χ1v) is 8.32. The summed E-state index contributed by atoms with van der Waals surface area (Å²) in [7, 11) is 0. The second-order valence-corrected chi connectivity index (χ2v) is 6.29. The first-order chi connectivity index (χ1) is 10.7. The van der Waals surface area contributed by atoms with Crippen LogP contribution in [0.4, 0.5) is 11.5 Å². The van der Waals surface area contributed by atoms with Crippen LogP contribution in [0, 0.1) is 0 Å². The van der Waals surface area contributed by atoms with Crippen LogP contribution in [0.5, 0.6) is 11.6 Å². The Bertz CT molecular complexity index is 625. The van der Waals surface area contributed by atoms with Crippen molar-refractivity contribution in [2.75, 3.05) is 23.7 Å². The average molecular weight is 363 g/mol. The predicted molar refractivity (Wildman–Crippen MR) is 91.3 cm³/mol. The van der Waals surface area contributed by atoms with Crippen molar-refractivity contribution >= 4 is 27.4 Å². The molecule has 1 aromatic heterocycles. The molecule has 1 fully saturated rings. The first kappa shape index (κ1) is 15.1. The summed E-state index contributed by atoms with van der Waals surface area (Å²) in [6.45, 7) is 1.97. The van der Waals surface area contributed by atoms with E-state index in [4.69, 9.17) is 10.5 Å². The zero-order chi connectivity index (χ0) is 15.4. The van der Waals surface area contributed by atoms with Crippen LogP contribution in [-0.2, 0) is 0 Å². The zero-order valence-corrected chi connectivity index (χ0v) is 13.9. The molecule has 0 unspecified atom stereocenters. The van der Waals surface area contributed by atoms with E-state index in [1.807, 2.05) is 24.3 Å². The van der Waals surface area contributed by atoms with Gasteiger partial charge in [0.15, 0.2) is 5.82 Å². The lowest BCUT2D eigenvalue weighted by Gasteiger charge is -2.23. The molecule has 2 N–H and O–H groups in total. The third kappa shape index (κ3) is 3.50. The molecule has 1 saturated heterocycles. The summed E-state index contributed by atoms with van der Waals surface area (Å²) >= 11 is 3.40. The number of hydrogen-bond donors (Lipinski definition) is 1. The average Bonchev–Trinajstić information content (AvgIpc) is 2.81. The SMILES string of the molecule is Nc1c(Oc2ccc(Br)cc2)ncnc1N1CCCCCC1. The third-order valence-corrected chi connectivity index (χ3v) is 4.29. The molecular formula is C16H19BrN4O. The van der Waals surface area contributed by atoms with E-state index in [9.17, 15) is 0 Å². The van der Waals surface area contributed by atoms with E-state index < -0.39 is 0 Å². The lowest BCUT2D eigenvalue weighted by atomic mass is 10.2. The lowest BCUT2D eigenvalue weighted by molar-refractivity contribution is 0.464. The van der Waals surface area contributed by atoms with Crippen molar-refractivity contribution in [1.29, 1.82) is 0 Å². The Morgan fingerprint density at radius 2 is 1.68 bits per heavy atom. The van der Waals surface area contributed by atoms with Gasteiger partial charge in [0.05, 0.1) is 0 Å². The number of hydrogen-bond acceptors (Lipinski definition) is 5. The van der Waals surface area contributed by atoms with Gasteiger partial charge in [0.25, 0.3) is 0 Å². The summed E-state index contributed by atoms with van der Waals surface area (Å²) in [6, 6.07) is 7.58. The van der Waals surface area contributed by atoms with Crippen molar-refractivity contribution in [2.24, 2.45) is 0 Å². The van der Waals surface area contributed by atoms with E-state index in [1.54, 1.807) is 0 Å². The largest absolute Gasteiger partial charge is 0.437 e. The van der Waals surface area contributed by atoms with E-state index in [1.165, 1.54) is 32.0 Å². The van der Waals surface area contributed by atoms with Gasteiger partial charge < -0.3 is 15.4 Å². The molecule has 0 saturated carbocycles. The predicted octanol–water partition coefficient (Wildman–Crippen LogP) is 3.99. The highest BCUT2D eigenvalue weighted by molar-refractivity contribution is 9.10. The van der Waals surface area contributed by atoms with Gasteiger partial charge in [0, 0.05) is 17.6 Å². The molecule has 6 heteroatoms. The number of ether oxygens (including phenoxy) is 1. The summed E-state index contributed by atoms with van der Waals surface area (Å²) < 4.78 is 6.80. The number of nitrogens with zero attached hydrogens (tertiary/aromatic N) is 3. The minimum atomic E-state index is 0.413. The lowest BCUT2D eigenvalue weighted by Crippen LogP contribution is -2.26. The highest BCUT2D eigenvalue weighted by Crippen LogP contribution is 2.32. The van der Waals surface area contributed by atoms with Crippen LogP contribution in [0.15, 0.2) is 35.1 Å². The standard InChI is InChI=1S/C16H19BrN4O/c17-12-5-7-13(8-6-12)22-16-14(18)15(19-11-20-16)21-9-3-1-2-4-10-21/h5-8,11H,1-4,9-10,18H2. The number of benzene rings is 1. The third-order valence-electron chi connectivity index (χ3n) is 3.76. The van der Waals surface area contributed by atoms with E-state index in [0.29, 0.717) is 17.3 Å². The fourth-order valence-electron chi connectivity index (χ4n) is 2.60. The van der Waals surface area contributed by atoms with Crippen LogP contribution in [0.2, 0.25) is 0 Å². The zero-order valence-electron chi connectivity index (χ0n) is 12.3. The maximum Gasteiger partial charge on any atom is 0.248 e. The van der Waals surface area contributed by atoms with Crippen molar-refractivity contribution in [1.82, 2.24) is 9.97 Å². The Hall–Kier alpha value is -1.82. The van der Waals surface area contributed by atoms with Crippen LogP contribution in [0.3, 0.4) is 0 Å². The summed E-state index contributed by atoms with van der Waals surface area (Å²) in [5.41, 5.74) is 6.75. The van der Waals surface area contributed by atoms with Crippen molar-refractivity contribution in [3.8, 4) is 11.6 Å². The molecule has 0 amide bonds. The molecule has 5 nitrogen and oxygen atoms in total. The smallest absolute Gasteiger partial charge is 0.248 e. The number of nitrogen functional groups attached to an aromatic ring is 1. The fourth-order valence-corrected chi connectivity index (χ4v) is 2.87. The quantitative estimate of drug-likeness (QED) is 0.893. The summed E-state index contributed by atoms with van der Waals surface area (Å²) in [4.78, 5) is 10.8. The van der Waals surface area contributed by atoms with E-state index in [-0.39, 0.29) is 0 Å². The van der Waals surface area contributed by atoms with Gasteiger partial charge in [-0.3, -0.25) is 0 Å². The molecule has 2 heterocycles. The summed E-state index contributed by atoms with van der Waals surface area (Å²) in [5.74, 6) is 1.90. The monoisotopic (exact) mass is 362 g/mol. The first-order valence-electron chi connectivity index (χ1n) is 7.53. The molecule has 1 aliphatic heterocycles. The normalized spacial score (nSPS) is 15.4. The molecule has 0 atom stereocenters. The van der Waals surface area contributed by atoms with Gasteiger partial charge in [-0.15, -0.1) is 0 Å². The molecule has 116 valence electrons.